The zero-order chi connectivity index (χ0) is 13.9. The molecule has 0 atom stereocenters. The second kappa shape index (κ2) is 5.72. The lowest BCUT2D eigenvalue weighted by Gasteiger charge is -2.25. The molecule has 1 aliphatic heterocycles. The Balaban J connectivity index is 2.15. The number of ether oxygens (including phenoxy) is 1. The monoisotopic (exact) mass is 262 g/mol. The molecular formula is C16H26N2O. The molecule has 1 aromatic rings. The molecule has 106 valence electrons. The van der Waals surface area contributed by atoms with E-state index in [9.17, 15) is 0 Å². The molecule has 0 saturated carbocycles. The largest absolute Gasteiger partial charge is 0.492 e. The van der Waals surface area contributed by atoms with Gasteiger partial charge in [0.05, 0.1) is 12.3 Å². The van der Waals surface area contributed by atoms with Crippen molar-refractivity contribution in [2.24, 2.45) is 5.41 Å². The van der Waals surface area contributed by atoms with Gasteiger partial charge in [-0.3, -0.25) is 0 Å². The highest BCUT2D eigenvalue weighted by molar-refractivity contribution is 5.62. The molecule has 0 aliphatic carbocycles. The van der Waals surface area contributed by atoms with E-state index in [-0.39, 0.29) is 0 Å². The highest BCUT2D eigenvalue weighted by Crippen LogP contribution is 2.33. The van der Waals surface area contributed by atoms with Crippen molar-refractivity contribution in [1.29, 1.82) is 0 Å². The van der Waals surface area contributed by atoms with Crippen LogP contribution in [0.25, 0.3) is 0 Å². The lowest BCUT2D eigenvalue weighted by Crippen LogP contribution is -2.25. The third-order valence-corrected chi connectivity index (χ3v) is 4.00. The first-order chi connectivity index (χ1) is 9.02. The van der Waals surface area contributed by atoms with Crippen LogP contribution in [0.4, 0.5) is 11.4 Å². The lowest BCUT2D eigenvalue weighted by atomic mass is 9.85. The van der Waals surface area contributed by atoms with E-state index in [0.29, 0.717) is 12.0 Å². The van der Waals surface area contributed by atoms with Crippen molar-refractivity contribution in [1.82, 2.24) is 0 Å². The van der Waals surface area contributed by atoms with Gasteiger partial charge >= 0.3 is 0 Å². The van der Waals surface area contributed by atoms with Gasteiger partial charge in [-0.2, -0.15) is 0 Å². The second-order valence-corrected chi connectivity index (χ2v) is 6.16. The van der Waals surface area contributed by atoms with Gasteiger partial charge in [0.25, 0.3) is 0 Å². The fourth-order valence-electron chi connectivity index (χ4n) is 2.68. The third-order valence-electron chi connectivity index (χ3n) is 4.00. The van der Waals surface area contributed by atoms with Gasteiger partial charge in [-0.05, 0) is 43.7 Å². The SMILES string of the molecule is CCOc1cc(N2CCCC(C)(C)CC2)ccc1N. The minimum absolute atomic E-state index is 0.464. The molecule has 0 unspecified atom stereocenters. The summed E-state index contributed by atoms with van der Waals surface area (Å²) < 4.78 is 5.59. The Morgan fingerprint density at radius 1 is 1.26 bits per heavy atom. The van der Waals surface area contributed by atoms with Crippen molar-refractivity contribution in [2.45, 2.75) is 40.0 Å². The Labute approximate surface area is 116 Å². The maximum absolute atomic E-state index is 5.94. The van der Waals surface area contributed by atoms with Crippen molar-refractivity contribution in [3.05, 3.63) is 18.2 Å². The average Bonchev–Trinajstić information content (AvgIpc) is 2.53. The van der Waals surface area contributed by atoms with Crippen molar-refractivity contribution in [3.63, 3.8) is 0 Å². The minimum atomic E-state index is 0.464. The zero-order valence-corrected chi connectivity index (χ0v) is 12.4. The first-order valence-corrected chi connectivity index (χ1v) is 7.29. The predicted molar refractivity (Wildman–Crippen MR) is 81.9 cm³/mol. The molecule has 3 nitrogen and oxygen atoms in total. The number of hydrogen-bond donors (Lipinski definition) is 1. The van der Waals surface area contributed by atoms with Gasteiger partial charge in [0.1, 0.15) is 5.75 Å². The van der Waals surface area contributed by atoms with Gasteiger partial charge in [-0.25, -0.2) is 0 Å². The smallest absolute Gasteiger partial charge is 0.144 e. The van der Waals surface area contributed by atoms with Crippen LogP contribution in [0.1, 0.15) is 40.0 Å². The first-order valence-electron chi connectivity index (χ1n) is 7.29. The summed E-state index contributed by atoms with van der Waals surface area (Å²) in [5.41, 5.74) is 8.35. The number of hydrogen-bond acceptors (Lipinski definition) is 3. The highest BCUT2D eigenvalue weighted by Gasteiger charge is 2.23. The molecular weight excluding hydrogens is 236 g/mol. The molecule has 0 spiro atoms. The predicted octanol–water partition coefficient (Wildman–Crippen LogP) is 3.68. The van der Waals surface area contributed by atoms with Gasteiger partial charge in [0.2, 0.25) is 0 Å². The summed E-state index contributed by atoms with van der Waals surface area (Å²) in [6.07, 6.45) is 3.79. The van der Waals surface area contributed by atoms with E-state index in [1.54, 1.807) is 0 Å². The molecule has 0 radical (unpaired) electrons. The van der Waals surface area contributed by atoms with Gasteiger partial charge in [0, 0.05) is 24.8 Å². The van der Waals surface area contributed by atoms with Crippen molar-refractivity contribution < 1.29 is 4.74 Å². The van der Waals surface area contributed by atoms with Crippen molar-refractivity contribution in [2.75, 3.05) is 30.3 Å². The third kappa shape index (κ3) is 3.55. The number of benzene rings is 1. The summed E-state index contributed by atoms with van der Waals surface area (Å²) in [5.74, 6) is 0.809. The molecule has 1 fully saturated rings. The van der Waals surface area contributed by atoms with Gasteiger partial charge in [-0.15, -0.1) is 0 Å². The van der Waals surface area contributed by atoms with Crippen LogP contribution in [0.3, 0.4) is 0 Å². The molecule has 0 bridgehead atoms. The Morgan fingerprint density at radius 3 is 2.79 bits per heavy atom. The van der Waals surface area contributed by atoms with Gasteiger partial charge in [-0.1, -0.05) is 13.8 Å². The van der Waals surface area contributed by atoms with E-state index in [1.807, 2.05) is 13.0 Å². The van der Waals surface area contributed by atoms with Crippen LogP contribution in [0.5, 0.6) is 5.75 Å². The lowest BCUT2D eigenvalue weighted by molar-refractivity contribution is 0.325. The number of nitrogen functional groups attached to an aromatic ring is 1. The summed E-state index contributed by atoms with van der Waals surface area (Å²) in [5, 5.41) is 0. The fourth-order valence-corrected chi connectivity index (χ4v) is 2.68. The molecule has 0 aromatic heterocycles. The van der Waals surface area contributed by atoms with E-state index in [0.717, 1.165) is 24.5 Å². The van der Waals surface area contributed by atoms with Crippen molar-refractivity contribution in [3.8, 4) is 5.75 Å². The normalized spacial score (nSPS) is 19.0. The van der Waals surface area contributed by atoms with Crippen LogP contribution in [-0.2, 0) is 0 Å². The molecule has 1 heterocycles. The van der Waals surface area contributed by atoms with Gasteiger partial charge in [0.15, 0.2) is 0 Å². The number of nitrogens with zero attached hydrogens (tertiary/aromatic N) is 1. The highest BCUT2D eigenvalue weighted by atomic mass is 16.5. The zero-order valence-electron chi connectivity index (χ0n) is 12.4. The van der Waals surface area contributed by atoms with Crippen LogP contribution in [-0.4, -0.2) is 19.7 Å². The molecule has 2 N–H and O–H groups in total. The molecule has 0 amide bonds. The molecule has 2 rings (SSSR count). The van der Waals surface area contributed by atoms with E-state index in [1.165, 1.54) is 24.9 Å². The maximum atomic E-state index is 5.94. The standard InChI is InChI=1S/C16H26N2O/c1-4-19-15-12-13(6-7-14(15)17)18-10-5-8-16(2,3)9-11-18/h6-7,12H,4-5,8-11,17H2,1-3H3. The van der Waals surface area contributed by atoms with Crippen LogP contribution in [0.2, 0.25) is 0 Å². The van der Waals surface area contributed by atoms with E-state index >= 15 is 0 Å². The quantitative estimate of drug-likeness (QED) is 0.844. The Hall–Kier alpha value is -1.38. The first kappa shape index (κ1) is 14.0. The summed E-state index contributed by atoms with van der Waals surface area (Å²) >= 11 is 0. The Morgan fingerprint density at radius 2 is 2.05 bits per heavy atom. The maximum Gasteiger partial charge on any atom is 0.144 e. The number of anilines is 2. The van der Waals surface area contributed by atoms with E-state index in [4.69, 9.17) is 10.5 Å². The van der Waals surface area contributed by atoms with Crippen LogP contribution in [0, 0.1) is 5.41 Å². The minimum Gasteiger partial charge on any atom is -0.492 e. The Kier molecular flexibility index (Phi) is 4.23. The number of rotatable bonds is 3. The topological polar surface area (TPSA) is 38.5 Å². The molecule has 1 aliphatic rings. The van der Waals surface area contributed by atoms with Crippen molar-refractivity contribution >= 4 is 11.4 Å². The van der Waals surface area contributed by atoms with E-state index in [2.05, 4.69) is 30.9 Å². The number of nitrogens with two attached hydrogens (primary N) is 1. The van der Waals surface area contributed by atoms with Crippen LogP contribution >= 0.6 is 0 Å². The van der Waals surface area contributed by atoms with Crippen LogP contribution in [0.15, 0.2) is 18.2 Å². The second-order valence-electron chi connectivity index (χ2n) is 6.16. The fraction of sp³-hybridized carbons (Fsp3) is 0.625. The molecule has 1 aromatic carbocycles. The molecule has 3 heteroatoms. The van der Waals surface area contributed by atoms with E-state index < -0.39 is 0 Å². The van der Waals surface area contributed by atoms with Crippen LogP contribution < -0.4 is 15.4 Å². The molecule has 1 saturated heterocycles. The van der Waals surface area contributed by atoms with Gasteiger partial charge < -0.3 is 15.4 Å². The average molecular weight is 262 g/mol. The summed E-state index contributed by atoms with van der Waals surface area (Å²) in [6.45, 7) is 9.61. The summed E-state index contributed by atoms with van der Waals surface area (Å²) in [7, 11) is 0. The molecule has 19 heavy (non-hydrogen) atoms. The Bertz CT molecular complexity index is 429. The summed E-state index contributed by atoms with van der Waals surface area (Å²) in [6, 6.07) is 6.14. The summed E-state index contributed by atoms with van der Waals surface area (Å²) in [4.78, 5) is 2.46.